The lowest BCUT2D eigenvalue weighted by Crippen LogP contribution is -2.23. The highest BCUT2D eigenvalue weighted by Gasteiger charge is 2.32. The van der Waals surface area contributed by atoms with Crippen molar-refractivity contribution in [2.45, 2.75) is 12.3 Å². The molecule has 2 N–H and O–H groups in total. The Balaban J connectivity index is 1.86. The Morgan fingerprint density at radius 3 is 2.75 bits per heavy atom. The fourth-order valence-corrected chi connectivity index (χ4v) is 3.22. The summed E-state index contributed by atoms with van der Waals surface area (Å²) >= 11 is 0. The number of fused-ring (bicyclic) bond motifs is 1. The van der Waals surface area contributed by atoms with Gasteiger partial charge in [0.05, 0.1) is 12.8 Å². The van der Waals surface area contributed by atoms with Gasteiger partial charge in [0, 0.05) is 17.9 Å². The van der Waals surface area contributed by atoms with Gasteiger partial charge in [-0.15, -0.1) is 0 Å². The molecule has 4 rings (SSSR count). The molecule has 1 aliphatic rings. The summed E-state index contributed by atoms with van der Waals surface area (Å²) in [7, 11) is 1.64. The highest BCUT2D eigenvalue weighted by molar-refractivity contribution is 5.96. The lowest BCUT2D eigenvalue weighted by atomic mass is 9.84. The maximum absolute atomic E-state index is 12.1. The molecule has 0 unspecified atom stereocenters. The van der Waals surface area contributed by atoms with Crippen molar-refractivity contribution in [2.24, 2.45) is 0 Å². The molecular formula is C19H17N3O2. The van der Waals surface area contributed by atoms with Crippen molar-refractivity contribution < 1.29 is 9.53 Å². The third kappa shape index (κ3) is 2.44. The van der Waals surface area contributed by atoms with Crippen LogP contribution in [0.3, 0.4) is 0 Å². The van der Waals surface area contributed by atoms with Crippen LogP contribution in [0.25, 0.3) is 11.3 Å². The lowest BCUT2D eigenvalue weighted by molar-refractivity contribution is -0.116. The molecule has 0 bridgehead atoms. The summed E-state index contributed by atoms with van der Waals surface area (Å²) in [6, 6.07) is 17.9. The Bertz CT molecular complexity index is 887. The number of nitrogens with one attached hydrogen (secondary N) is 2. The molecule has 0 fully saturated rings. The number of aromatic amines is 1. The number of carbonyl (C=O) groups is 1. The standard InChI is InChI=1S/C19H17N3O2/c1-24-14-9-5-8-13(10-14)15-11-16(23)20-19-17(15)18(21-22-19)12-6-3-2-4-7-12/h2-10,15H,11H2,1H3,(H2,20,21,22,23)/t15-/m1/s1. The monoisotopic (exact) mass is 319 g/mol. The minimum atomic E-state index is -0.0576. The van der Waals surface area contributed by atoms with Gasteiger partial charge in [-0.05, 0) is 23.3 Å². The van der Waals surface area contributed by atoms with Crippen molar-refractivity contribution in [3.8, 4) is 17.0 Å². The molecular weight excluding hydrogens is 302 g/mol. The molecule has 24 heavy (non-hydrogen) atoms. The fraction of sp³-hybridized carbons (Fsp3) is 0.158. The van der Waals surface area contributed by atoms with Gasteiger partial charge in [-0.3, -0.25) is 9.89 Å². The third-order valence-electron chi connectivity index (χ3n) is 4.36. The first-order valence-electron chi connectivity index (χ1n) is 7.83. The van der Waals surface area contributed by atoms with E-state index in [-0.39, 0.29) is 11.8 Å². The van der Waals surface area contributed by atoms with Crippen LogP contribution in [0.5, 0.6) is 5.75 Å². The summed E-state index contributed by atoms with van der Waals surface area (Å²) < 4.78 is 5.33. The van der Waals surface area contributed by atoms with Crippen LogP contribution in [-0.4, -0.2) is 23.2 Å². The molecule has 0 aliphatic carbocycles. The quantitative estimate of drug-likeness (QED) is 0.775. The van der Waals surface area contributed by atoms with E-state index >= 15 is 0 Å². The summed E-state index contributed by atoms with van der Waals surface area (Å²) in [6.45, 7) is 0. The fourth-order valence-electron chi connectivity index (χ4n) is 3.22. The molecule has 0 radical (unpaired) electrons. The van der Waals surface area contributed by atoms with Gasteiger partial charge in [0.1, 0.15) is 5.75 Å². The summed E-state index contributed by atoms with van der Waals surface area (Å²) in [4.78, 5) is 12.1. The maximum Gasteiger partial charge on any atom is 0.226 e. The van der Waals surface area contributed by atoms with E-state index in [9.17, 15) is 4.79 Å². The van der Waals surface area contributed by atoms with Gasteiger partial charge in [-0.25, -0.2) is 0 Å². The summed E-state index contributed by atoms with van der Waals surface area (Å²) in [6.07, 6.45) is 0.388. The largest absolute Gasteiger partial charge is 0.497 e. The van der Waals surface area contributed by atoms with E-state index in [1.165, 1.54) is 0 Å². The highest BCUT2D eigenvalue weighted by Crippen LogP contribution is 2.42. The first kappa shape index (κ1) is 14.5. The van der Waals surface area contributed by atoms with Crippen LogP contribution in [0.15, 0.2) is 54.6 Å². The first-order chi connectivity index (χ1) is 11.8. The third-order valence-corrected chi connectivity index (χ3v) is 4.36. The van der Waals surface area contributed by atoms with E-state index in [1.807, 2.05) is 54.6 Å². The predicted molar refractivity (Wildman–Crippen MR) is 92.1 cm³/mol. The minimum absolute atomic E-state index is 0.0265. The zero-order chi connectivity index (χ0) is 16.5. The molecule has 1 aromatic heterocycles. The van der Waals surface area contributed by atoms with Crippen molar-refractivity contribution in [3.63, 3.8) is 0 Å². The number of carbonyl (C=O) groups excluding carboxylic acids is 1. The molecule has 1 atom stereocenters. The van der Waals surface area contributed by atoms with Crippen molar-refractivity contribution >= 4 is 11.7 Å². The summed E-state index contributed by atoms with van der Waals surface area (Å²) in [5.74, 6) is 1.31. The Morgan fingerprint density at radius 2 is 1.96 bits per heavy atom. The molecule has 120 valence electrons. The molecule has 2 heterocycles. The number of ether oxygens (including phenoxy) is 1. The number of anilines is 1. The topological polar surface area (TPSA) is 67.0 Å². The first-order valence-corrected chi connectivity index (χ1v) is 7.83. The molecule has 0 saturated heterocycles. The minimum Gasteiger partial charge on any atom is -0.497 e. The number of aromatic nitrogens is 2. The molecule has 2 aromatic carbocycles. The van der Waals surface area contributed by atoms with Crippen molar-refractivity contribution in [2.75, 3.05) is 12.4 Å². The zero-order valence-electron chi connectivity index (χ0n) is 13.2. The lowest BCUT2D eigenvalue weighted by Gasteiger charge is -2.23. The average molecular weight is 319 g/mol. The van der Waals surface area contributed by atoms with E-state index in [2.05, 4.69) is 15.5 Å². The Morgan fingerprint density at radius 1 is 1.12 bits per heavy atom. The number of methoxy groups -OCH3 is 1. The number of hydrogen-bond donors (Lipinski definition) is 2. The van der Waals surface area contributed by atoms with Crippen molar-refractivity contribution in [1.29, 1.82) is 0 Å². The second-order valence-corrected chi connectivity index (χ2v) is 5.81. The SMILES string of the molecule is COc1cccc([C@H]2CC(=O)Nc3n[nH]c(-c4ccccc4)c32)c1. The van der Waals surface area contributed by atoms with Crippen LogP contribution < -0.4 is 10.1 Å². The predicted octanol–water partition coefficient (Wildman–Crippen LogP) is 3.56. The maximum atomic E-state index is 12.1. The summed E-state index contributed by atoms with van der Waals surface area (Å²) in [5, 5.41) is 10.3. The normalized spacial score (nSPS) is 16.4. The number of amides is 1. The van der Waals surface area contributed by atoms with Gasteiger partial charge in [0.25, 0.3) is 0 Å². The Hall–Kier alpha value is -3.08. The molecule has 0 spiro atoms. The van der Waals surface area contributed by atoms with Gasteiger partial charge < -0.3 is 10.1 Å². The van der Waals surface area contributed by atoms with Gasteiger partial charge in [-0.1, -0.05) is 42.5 Å². The number of H-pyrrole nitrogens is 1. The molecule has 1 amide bonds. The number of benzene rings is 2. The van der Waals surface area contributed by atoms with Crippen molar-refractivity contribution in [3.05, 3.63) is 65.7 Å². The second-order valence-electron chi connectivity index (χ2n) is 5.81. The van der Waals surface area contributed by atoms with Crippen LogP contribution in [-0.2, 0) is 4.79 Å². The Kier molecular flexibility index (Phi) is 3.54. The van der Waals surface area contributed by atoms with Crippen LogP contribution in [0, 0.1) is 0 Å². The summed E-state index contributed by atoms with van der Waals surface area (Å²) in [5.41, 5.74) is 4.06. The molecule has 1 aliphatic heterocycles. The van der Waals surface area contributed by atoms with Gasteiger partial charge in [-0.2, -0.15) is 5.10 Å². The Labute approximate surface area is 139 Å². The van der Waals surface area contributed by atoms with E-state index in [4.69, 9.17) is 4.74 Å². The molecule has 5 nitrogen and oxygen atoms in total. The molecule has 3 aromatic rings. The van der Waals surface area contributed by atoms with Crippen LogP contribution in [0.4, 0.5) is 5.82 Å². The van der Waals surface area contributed by atoms with E-state index in [1.54, 1.807) is 7.11 Å². The van der Waals surface area contributed by atoms with Gasteiger partial charge >= 0.3 is 0 Å². The smallest absolute Gasteiger partial charge is 0.226 e. The highest BCUT2D eigenvalue weighted by atomic mass is 16.5. The molecule has 0 saturated carbocycles. The van der Waals surface area contributed by atoms with Crippen LogP contribution in [0.2, 0.25) is 0 Å². The number of nitrogens with zero attached hydrogens (tertiary/aromatic N) is 1. The van der Waals surface area contributed by atoms with Crippen molar-refractivity contribution in [1.82, 2.24) is 10.2 Å². The molecule has 5 heteroatoms. The second kappa shape index (κ2) is 5.85. The van der Waals surface area contributed by atoms with Crippen LogP contribution >= 0.6 is 0 Å². The van der Waals surface area contributed by atoms with Crippen LogP contribution in [0.1, 0.15) is 23.5 Å². The van der Waals surface area contributed by atoms with Gasteiger partial charge in [0.15, 0.2) is 5.82 Å². The van der Waals surface area contributed by atoms with Gasteiger partial charge in [0.2, 0.25) is 5.91 Å². The van der Waals surface area contributed by atoms with E-state index < -0.39 is 0 Å². The average Bonchev–Trinajstić information content (AvgIpc) is 3.05. The zero-order valence-corrected chi connectivity index (χ0v) is 13.2. The number of hydrogen-bond acceptors (Lipinski definition) is 3. The van der Waals surface area contributed by atoms with E-state index in [0.29, 0.717) is 12.2 Å². The van der Waals surface area contributed by atoms with E-state index in [0.717, 1.165) is 28.1 Å². The number of rotatable bonds is 3.